The number of aryl methyl sites for hydroxylation is 1. The third-order valence-electron chi connectivity index (χ3n) is 1.89. The Morgan fingerprint density at radius 3 is 3.14 bits per heavy atom. The smallest absolute Gasteiger partial charge is 0.280 e. The molecule has 0 atom stereocenters. The Kier molecular flexibility index (Phi) is 1.95. The van der Waals surface area contributed by atoms with Crippen LogP contribution in [0.3, 0.4) is 0 Å². The van der Waals surface area contributed by atoms with Crippen LogP contribution in [0.15, 0.2) is 11.1 Å². The van der Waals surface area contributed by atoms with Crippen molar-refractivity contribution in [3.8, 4) is 0 Å². The number of rotatable bonds is 2. The molecule has 0 amide bonds. The van der Waals surface area contributed by atoms with Crippen LogP contribution in [-0.2, 0) is 6.54 Å². The van der Waals surface area contributed by atoms with Gasteiger partial charge in [-0.15, -0.1) is 0 Å². The summed E-state index contributed by atoms with van der Waals surface area (Å²) >= 11 is 0. The molecule has 6 heteroatoms. The number of hydrogen-bond acceptors (Lipinski definition) is 4. The molecule has 0 bridgehead atoms. The average molecular weight is 192 g/mol. The van der Waals surface area contributed by atoms with Crippen LogP contribution in [0, 0.1) is 6.92 Å². The van der Waals surface area contributed by atoms with Crippen LogP contribution in [0.25, 0.3) is 11.2 Å². The van der Waals surface area contributed by atoms with Gasteiger partial charge in [-0.3, -0.25) is 9.78 Å². The molecule has 14 heavy (non-hydrogen) atoms. The van der Waals surface area contributed by atoms with E-state index in [0.29, 0.717) is 24.1 Å². The fourth-order valence-electron chi connectivity index (χ4n) is 1.30. The lowest BCUT2D eigenvalue weighted by Gasteiger charge is -1.99. The number of aromatic amines is 1. The number of nitrogens with zero attached hydrogens (tertiary/aromatic N) is 3. The molecule has 0 aliphatic carbocycles. The van der Waals surface area contributed by atoms with Crippen molar-refractivity contribution in [2.45, 2.75) is 13.0 Å². The fourth-order valence-corrected chi connectivity index (χ4v) is 1.30. The molecular weight excluding hydrogens is 182 g/mol. The molecule has 2 heterocycles. The monoisotopic (exact) mass is 192 g/mol. The molecule has 0 spiro atoms. The third kappa shape index (κ3) is 1.24. The first kappa shape index (κ1) is 8.74. The van der Waals surface area contributed by atoms with E-state index in [1.54, 1.807) is 10.9 Å². The van der Waals surface area contributed by atoms with Crippen molar-refractivity contribution in [2.24, 2.45) is 0 Å². The second-order valence-corrected chi connectivity index (χ2v) is 2.91. The first-order valence-electron chi connectivity index (χ1n) is 4.22. The summed E-state index contributed by atoms with van der Waals surface area (Å²) in [5.74, 6) is 0.105. The maximum atomic E-state index is 11.4. The Morgan fingerprint density at radius 1 is 1.64 bits per heavy atom. The summed E-state index contributed by atoms with van der Waals surface area (Å²) < 4.78 is 1.76. The maximum Gasteiger partial charge on any atom is 0.280 e. The van der Waals surface area contributed by atoms with Gasteiger partial charge in [0.05, 0.1) is 6.33 Å². The van der Waals surface area contributed by atoms with E-state index in [9.17, 15) is 4.79 Å². The largest absolute Gasteiger partial charge is 0.369 e. The van der Waals surface area contributed by atoms with Gasteiger partial charge < -0.3 is 10.3 Å². The number of aromatic nitrogens is 4. The fraction of sp³-hybridized carbons (Fsp3) is 0.250. The number of hydrogen-bond donors (Lipinski definition) is 2. The van der Waals surface area contributed by atoms with Gasteiger partial charge >= 0.3 is 0 Å². The predicted molar refractivity (Wildman–Crippen MR) is 52.5 cm³/mol. The molecular formula is C8H10N5O. The van der Waals surface area contributed by atoms with Crippen molar-refractivity contribution in [2.75, 3.05) is 5.73 Å². The average Bonchev–Trinajstić information content (AvgIpc) is 2.49. The zero-order valence-corrected chi connectivity index (χ0v) is 7.53. The van der Waals surface area contributed by atoms with E-state index in [-0.39, 0.29) is 11.5 Å². The van der Waals surface area contributed by atoms with Crippen molar-refractivity contribution >= 4 is 17.1 Å². The third-order valence-corrected chi connectivity index (χ3v) is 1.89. The van der Waals surface area contributed by atoms with E-state index in [2.05, 4.69) is 21.9 Å². The van der Waals surface area contributed by atoms with E-state index in [0.717, 1.165) is 0 Å². The number of imidazole rings is 1. The van der Waals surface area contributed by atoms with Crippen LogP contribution in [0.2, 0.25) is 0 Å². The lowest BCUT2D eigenvalue weighted by atomic mass is 10.4. The Balaban J connectivity index is 2.72. The van der Waals surface area contributed by atoms with Crippen LogP contribution >= 0.6 is 0 Å². The predicted octanol–water partition coefficient (Wildman–Crippen LogP) is -0.0740. The zero-order chi connectivity index (χ0) is 10.1. The summed E-state index contributed by atoms with van der Waals surface area (Å²) in [6.45, 7) is 4.39. The van der Waals surface area contributed by atoms with Gasteiger partial charge in [-0.1, -0.05) is 6.92 Å². The van der Waals surface area contributed by atoms with Gasteiger partial charge in [0.15, 0.2) is 11.2 Å². The van der Waals surface area contributed by atoms with Crippen LogP contribution in [0.4, 0.5) is 5.95 Å². The highest BCUT2D eigenvalue weighted by atomic mass is 16.1. The maximum absolute atomic E-state index is 11.4. The minimum absolute atomic E-state index is 0.105. The number of fused-ring (bicyclic) bond motifs is 1. The Bertz CT molecular complexity index is 512. The van der Waals surface area contributed by atoms with E-state index in [1.807, 2.05) is 0 Å². The van der Waals surface area contributed by atoms with Gasteiger partial charge in [-0.05, 0) is 6.42 Å². The highest BCUT2D eigenvalue weighted by Gasteiger charge is 2.07. The molecule has 2 aromatic rings. The minimum Gasteiger partial charge on any atom is -0.369 e. The normalized spacial score (nSPS) is 10.9. The number of nitrogens with two attached hydrogens (primary N) is 1. The first-order valence-corrected chi connectivity index (χ1v) is 4.22. The van der Waals surface area contributed by atoms with Crippen LogP contribution in [-0.4, -0.2) is 19.5 Å². The highest BCUT2D eigenvalue weighted by molar-refractivity contribution is 5.70. The van der Waals surface area contributed by atoms with E-state index >= 15 is 0 Å². The summed E-state index contributed by atoms with van der Waals surface area (Å²) in [4.78, 5) is 21.7. The number of nitrogens with one attached hydrogen (secondary N) is 1. The van der Waals surface area contributed by atoms with Crippen molar-refractivity contribution < 1.29 is 0 Å². The van der Waals surface area contributed by atoms with Gasteiger partial charge in [-0.25, -0.2) is 4.98 Å². The SMILES string of the molecule is [CH2]CCn1cnc2c(=O)[nH]c(N)nc21. The van der Waals surface area contributed by atoms with Crippen molar-refractivity contribution in [3.05, 3.63) is 23.6 Å². The van der Waals surface area contributed by atoms with E-state index in [1.165, 1.54) is 0 Å². The molecule has 1 radical (unpaired) electrons. The molecule has 0 aliphatic rings. The zero-order valence-electron chi connectivity index (χ0n) is 7.53. The molecule has 2 rings (SSSR count). The molecule has 2 aromatic heterocycles. The molecule has 0 aromatic carbocycles. The minimum atomic E-state index is -0.310. The van der Waals surface area contributed by atoms with Crippen LogP contribution < -0.4 is 11.3 Å². The molecule has 3 N–H and O–H groups in total. The second kappa shape index (κ2) is 3.13. The van der Waals surface area contributed by atoms with Gasteiger partial charge in [0.1, 0.15) is 0 Å². The van der Waals surface area contributed by atoms with Crippen molar-refractivity contribution in [1.29, 1.82) is 0 Å². The van der Waals surface area contributed by atoms with Crippen molar-refractivity contribution in [3.63, 3.8) is 0 Å². The van der Waals surface area contributed by atoms with Crippen LogP contribution in [0.5, 0.6) is 0 Å². The first-order chi connectivity index (χ1) is 6.72. The lowest BCUT2D eigenvalue weighted by Crippen LogP contribution is -2.12. The lowest BCUT2D eigenvalue weighted by molar-refractivity contribution is 0.722. The molecule has 0 aliphatic heterocycles. The molecule has 0 saturated heterocycles. The summed E-state index contributed by atoms with van der Waals surface area (Å²) in [6.07, 6.45) is 2.28. The summed E-state index contributed by atoms with van der Waals surface area (Å²) in [7, 11) is 0. The Labute approximate surface area is 79.8 Å². The number of anilines is 1. The summed E-state index contributed by atoms with van der Waals surface area (Å²) in [6, 6.07) is 0. The van der Waals surface area contributed by atoms with Gasteiger partial charge in [0.25, 0.3) is 5.56 Å². The number of nitrogen functional groups attached to an aromatic ring is 1. The molecule has 0 fully saturated rings. The van der Waals surface area contributed by atoms with Gasteiger partial charge in [-0.2, -0.15) is 4.98 Å². The topological polar surface area (TPSA) is 89.6 Å². The number of H-pyrrole nitrogens is 1. The van der Waals surface area contributed by atoms with Crippen molar-refractivity contribution in [1.82, 2.24) is 19.5 Å². The molecule has 6 nitrogen and oxygen atoms in total. The Hall–Kier alpha value is -1.85. The molecule has 73 valence electrons. The second-order valence-electron chi connectivity index (χ2n) is 2.91. The van der Waals surface area contributed by atoms with Gasteiger partial charge in [0.2, 0.25) is 5.95 Å². The van der Waals surface area contributed by atoms with Gasteiger partial charge in [0, 0.05) is 6.54 Å². The summed E-state index contributed by atoms with van der Waals surface area (Å²) in [5.41, 5.74) is 5.94. The Morgan fingerprint density at radius 2 is 2.43 bits per heavy atom. The van der Waals surface area contributed by atoms with E-state index in [4.69, 9.17) is 5.73 Å². The molecule has 0 saturated carbocycles. The van der Waals surface area contributed by atoms with Crippen LogP contribution in [0.1, 0.15) is 6.42 Å². The summed E-state index contributed by atoms with van der Waals surface area (Å²) in [5, 5.41) is 0. The van der Waals surface area contributed by atoms with E-state index < -0.39 is 0 Å². The highest BCUT2D eigenvalue weighted by Crippen LogP contribution is 2.06. The molecule has 0 unspecified atom stereocenters. The standard InChI is InChI=1S/C8H10N5O/c1-2-3-13-4-10-5-6(13)11-8(9)12-7(5)14/h4H,1-3H2,(H3,9,11,12,14). The quantitative estimate of drug-likeness (QED) is 0.696.